The highest BCUT2D eigenvalue weighted by molar-refractivity contribution is 7.99. The molecule has 1 atom stereocenters. The second-order valence-electron chi connectivity index (χ2n) is 6.25. The van der Waals surface area contributed by atoms with Crippen molar-refractivity contribution in [2.75, 3.05) is 45.7 Å². The number of morpholine rings is 1. The van der Waals surface area contributed by atoms with E-state index >= 15 is 0 Å². The average molecular weight is 357 g/mol. The monoisotopic (exact) mass is 357 g/mol. The highest BCUT2D eigenvalue weighted by atomic mass is 32.2. The lowest BCUT2D eigenvalue weighted by Gasteiger charge is -2.30. The Morgan fingerprint density at radius 1 is 1.08 bits per heavy atom. The largest absolute Gasteiger partial charge is 0.497 e. The van der Waals surface area contributed by atoms with Crippen molar-refractivity contribution >= 4 is 11.8 Å². The van der Waals surface area contributed by atoms with E-state index in [1.165, 1.54) is 11.1 Å². The molecule has 0 bridgehead atoms. The summed E-state index contributed by atoms with van der Waals surface area (Å²) in [5.41, 5.74) is 2.44. The number of thioether (sulfide) groups is 1. The van der Waals surface area contributed by atoms with E-state index < -0.39 is 0 Å². The van der Waals surface area contributed by atoms with Crippen LogP contribution in [0, 0.1) is 0 Å². The molecule has 0 amide bonds. The number of para-hydroxylation sites is 1. The fourth-order valence-corrected chi connectivity index (χ4v) is 4.67. The minimum Gasteiger partial charge on any atom is -0.497 e. The van der Waals surface area contributed by atoms with Gasteiger partial charge in [-0.2, -0.15) is 0 Å². The van der Waals surface area contributed by atoms with E-state index in [-0.39, 0.29) is 5.25 Å². The van der Waals surface area contributed by atoms with Gasteiger partial charge in [-0.05, 0) is 24.3 Å². The molecule has 0 radical (unpaired) electrons. The molecule has 4 nitrogen and oxygen atoms in total. The molecule has 2 heterocycles. The van der Waals surface area contributed by atoms with Crippen LogP contribution in [-0.4, -0.2) is 50.6 Å². The van der Waals surface area contributed by atoms with Gasteiger partial charge in [0.2, 0.25) is 0 Å². The van der Waals surface area contributed by atoms with Crippen LogP contribution >= 0.6 is 11.8 Å². The molecule has 25 heavy (non-hydrogen) atoms. The third-order valence-corrected chi connectivity index (χ3v) is 5.98. The maximum absolute atomic E-state index is 6.11. The molecule has 1 fully saturated rings. The van der Waals surface area contributed by atoms with Gasteiger partial charge in [-0.3, -0.25) is 4.90 Å². The number of nitrogens with zero attached hydrogens (tertiary/aromatic N) is 1. The van der Waals surface area contributed by atoms with Crippen molar-refractivity contribution in [3.05, 3.63) is 53.6 Å². The molecule has 132 valence electrons. The van der Waals surface area contributed by atoms with Gasteiger partial charge >= 0.3 is 0 Å². The van der Waals surface area contributed by atoms with Gasteiger partial charge in [0.25, 0.3) is 0 Å². The lowest BCUT2D eigenvalue weighted by molar-refractivity contribution is 0.0410. The van der Waals surface area contributed by atoms with E-state index in [2.05, 4.69) is 29.2 Å². The molecule has 1 unspecified atom stereocenters. The van der Waals surface area contributed by atoms with E-state index in [1.54, 1.807) is 7.11 Å². The first-order chi connectivity index (χ1) is 12.3. The van der Waals surface area contributed by atoms with Gasteiger partial charge in [0.15, 0.2) is 0 Å². The first-order valence-corrected chi connectivity index (χ1v) is 9.76. The molecule has 0 aromatic heterocycles. The zero-order chi connectivity index (χ0) is 17.1. The van der Waals surface area contributed by atoms with Crippen LogP contribution in [0.15, 0.2) is 42.5 Å². The van der Waals surface area contributed by atoms with Gasteiger partial charge in [-0.15, -0.1) is 11.8 Å². The fourth-order valence-electron chi connectivity index (χ4n) is 3.33. The Morgan fingerprint density at radius 2 is 1.88 bits per heavy atom. The summed E-state index contributed by atoms with van der Waals surface area (Å²) in [6.45, 7) is 4.87. The van der Waals surface area contributed by atoms with Gasteiger partial charge in [-0.1, -0.05) is 18.2 Å². The van der Waals surface area contributed by atoms with Crippen LogP contribution in [0.1, 0.15) is 16.4 Å². The Labute approximate surface area is 153 Å². The SMILES string of the molecule is COc1ccc2c(c1)C(SCCN1CCOCC1)c1ccccc1O2. The molecular weight excluding hydrogens is 334 g/mol. The van der Waals surface area contributed by atoms with Crippen molar-refractivity contribution in [2.24, 2.45) is 0 Å². The number of hydrogen-bond donors (Lipinski definition) is 0. The highest BCUT2D eigenvalue weighted by Crippen LogP contribution is 2.50. The number of benzene rings is 2. The first-order valence-electron chi connectivity index (χ1n) is 8.71. The maximum atomic E-state index is 6.11. The van der Waals surface area contributed by atoms with Crippen molar-refractivity contribution < 1.29 is 14.2 Å². The van der Waals surface area contributed by atoms with Crippen LogP contribution < -0.4 is 9.47 Å². The van der Waals surface area contributed by atoms with Gasteiger partial charge in [0.05, 0.1) is 25.6 Å². The predicted molar refractivity (Wildman–Crippen MR) is 101 cm³/mol. The van der Waals surface area contributed by atoms with Crippen LogP contribution in [0.3, 0.4) is 0 Å². The summed E-state index contributed by atoms with van der Waals surface area (Å²) in [5.74, 6) is 3.85. The Kier molecular flexibility index (Phi) is 5.15. The highest BCUT2D eigenvalue weighted by Gasteiger charge is 2.28. The molecule has 2 aromatic carbocycles. The summed E-state index contributed by atoms with van der Waals surface area (Å²) < 4.78 is 17.0. The number of ether oxygens (including phenoxy) is 3. The van der Waals surface area contributed by atoms with Gasteiger partial charge in [0, 0.05) is 36.5 Å². The standard InChI is InChI=1S/C20H23NO3S/c1-22-15-6-7-19-17(14-15)20(16-4-2-3-5-18(16)24-19)25-13-10-21-8-11-23-12-9-21/h2-7,14,20H,8-13H2,1H3. The lowest BCUT2D eigenvalue weighted by atomic mass is 9.99. The Hall–Kier alpha value is -1.69. The van der Waals surface area contributed by atoms with Crippen molar-refractivity contribution in [3.63, 3.8) is 0 Å². The predicted octanol–water partition coefficient (Wildman–Crippen LogP) is 3.96. The molecule has 0 saturated carbocycles. The second-order valence-corrected chi connectivity index (χ2v) is 7.46. The Morgan fingerprint density at radius 3 is 2.72 bits per heavy atom. The van der Waals surface area contributed by atoms with Crippen LogP contribution in [-0.2, 0) is 4.74 Å². The normalized spacial score (nSPS) is 19.6. The maximum Gasteiger partial charge on any atom is 0.132 e. The minimum atomic E-state index is 0.274. The molecule has 0 aliphatic carbocycles. The minimum absolute atomic E-state index is 0.274. The van der Waals surface area contributed by atoms with Crippen LogP contribution in [0.2, 0.25) is 0 Å². The average Bonchev–Trinajstić information content (AvgIpc) is 2.68. The van der Waals surface area contributed by atoms with E-state index in [0.717, 1.165) is 55.8 Å². The van der Waals surface area contributed by atoms with Gasteiger partial charge < -0.3 is 14.2 Å². The molecule has 2 aliphatic heterocycles. The van der Waals surface area contributed by atoms with Crippen molar-refractivity contribution in [3.8, 4) is 17.2 Å². The zero-order valence-electron chi connectivity index (χ0n) is 14.4. The molecular formula is C20H23NO3S. The van der Waals surface area contributed by atoms with E-state index in [9.17, 15) is 0 Å². The smallest absolute Gasteiger partial charge is 0.132 e. The molecule has 5 heteroatoms. The summed E-state index contributed by atoms with van der Waals surface area (Å²) in [5, 5.41) is 0.274. The lowest BCUT2D eigenvalue weighted by Crippen LogP contribution is -2.37. The number of rotatable bonds is 5. The number of methoxy groups -OCH3 is 1. The molecule has 0 spiro atoms. The first kappa shape index (κ1) is 16.8. The number of fused-ring (bicyclic) bond motifs is 2. The third-order valence-electron chi connectivity index (χ3n) is 4.72. The van der Waals surface area contributed by atoms with Crippen LogP contribution in [0.4, 0.5) is 0 Å². The van der Waals surface area contributed by atoms with Crippen molar-refractivity contribution in [1.29, 1.82) is 0 Å². The van der Waals surface area contributed by atoms with Crippen LogP contribution in [0.5, 0.6) is 17.2 Å². The quantitative estimate of drug-likeness (QED) is 0.808. The topological polar surface area (TPSA) is 30.9 Å². The van der Waals surface area contributed by atoms with Crippen molar-refractivity contribution in [2.45, 2.75) is 5.25 Å². The summed E-state index contributed by atoms with van der Waals surface area (Å²) >= 11 is 1.98. The van der Waals surface area contributed by atoms with Gasteiger partial charge in [-0.25, -0.2) is 0 Å². The molecule has 0 N–H and O–H groups in total. The Balaban J connectivity index is 1.55. The molecule has 1 saturated heterocycles. The summed E-state index contributed by atoms with van der Waals surface area (Å²) in [6.07, 6.45) is 0. The van der Waals surface area contributed by atoms with E-state index in [1.807, 2.05) is 30.0 Å². The van der Waals surface area contributed by atoms with E-state index in [4.69, 9.17) is 14.2 Å². The fraction of sp³-hybridized carbons (Fsp3) is 0.400. The zero-order valence-corrected chi connectivity index (χ0v) is 15.3. The molecule has 2 aromatic rings. The molecule has 2 aliphatic rings. The van der Waals surface area contributed by atoms with Crippen LogP contribution in [0.25, 0.3) is 0 Å². The third kappa shape index (κ3) is 3.64. The van der Waals surface area contributed by atoms with E-state index in [0.29, 0.717) is 0 Å². The summed E-state index contributed by atoms with van der Waals surface area (Å²) in [7, 11) is 1.71. The number of hydrogen-bond acceptors (Lipinski definition) is 5. The second kappa shape index (κ2) is 7.68. The van der Waals surface area contributed by atoms with Crippen molar-refractivity contribution in [1.82, 2.24) is 4.90 Å². The molecule has 4 rings (SSSR count). The summed E-state index contributed by atoms with van der Waals surface area (Å²) in [4.78, 5) is 2.48. The summed E-state index contributed by atoms with van der Waals surface area (Å²) in [6, 6.07) is 14.4. The Bertz CT molecular complexity index is 731. The van der Waals surface area contributed by atoms with Gasteiger partial charge in [0.1, 0.15) is 17.2 Å².